The molecular weight excluding hydrogens is 403 g/mol. The Bertz CT molecular complexity index is 728. The van der Waals surface area contributed by atoms with E-state index in [1.165, 1.54) is 0 Å². The molecule has 3 N–H and O–H groups in total. The number of imide groups is 1. The van der Waals surface area contributed by atoms with Gasteiger partial charge in [-0.15, -0.1) is 12.4 Å². The van der Waals surface area contributed by atoms with Crippen molar-refractivity contribution < 1.29 is 14.4 Å². The molecule has 1 aromatic rings. The van der Waals surface area contributed by atoms with Gasteiger partial charge in [0.05, 0.1) is 5.69 Å². The van der Waals surface area contributed by atoms with E-state index in [-0.39, 0.29) is 43.1 Å². The third-order valence-electron chi connectivity index (χ3n) is 5.32. The Morgan fingerprint density at radius 2 is 1.96 bits per heavy atom. The fourth-order valence-corrected chi connectivity index (χ4v) is 3.90. The molecule has 0 saturated carbocycles. The Labute approximate surface area is 176 Å². The monoisotopic (exact) mass is 428 g/mol. The topological polar surface area (TPSA) is 95.7 Å². The van der Waals surface area contributed by atoms with Gasteiger partial charge in [0, 0.05) is 30.6 Å². The lowest BCUT2D eigenvalue weighted by atomic mass is 9.92. The maximum absolute atomic E-state index is 12.6. The standard InChI is InChI=1S/C19H25ClN4O3.ClH/c1-12-8-9-23(15(10-12)11-21)17(25)7-6-16-18(26)24(19(27)22-16)14-4-2-13(20)3-5-14;/h2-5,12,15-16H,6-11,21H2,1H3,(H,22,27);1H. The van der Waals surface area contributed by atoms with Crippen LogP contribution in [-0.2, 0) is 9.59 Å². The Hall–Kier alpha value is -1.83. The zero-order valence-corrected chi connectivity index (χ0v) is 17.3. The van der Waals surface area contributed by atoms with E-state index >= 15 is 0 Å². The van der Waals surface area contributed by atoms with Gasteiger partial charge in [0.2, 0.25) is 5.91 Å². The number of rotatable bonds is 5. The molecule has 4 amide bonds. The van der Waals surface area contributed by atoms with Gasteiger partial charge >= 0.3 is 6.03 Å². The summed E-state index contributed by atoms with van der Waals surface area (Å²) in [5.41, 5.74) is 6.29. The number of benzene rings is 1. The minimum Gasteiger partial charge on any atom is -0.338 e. The molecule has 154 valence electrons. The summed E-state index contributed by atoms with van der Waals surface area (Å²) in [6.07, 6.45) is 2.35. The number of nitrogens with one attached hydrogen (secondary N) is 1. The predicted molar refractivity (Wildman–Crippen MR) is 111 cm³/mol. The van der Waals surface area contributed by atoms with Crippen LogP contribution >= 0.6 is 24.0 Å². The highest BCUT2D eigenvalue weighted by molar-refractivity contribution is 6.30. The molecule has 3 unspecified atom stereocenters. The number of carbonyl (C=O) groups is 3. The summed E-state index contributed by atoms with van der Waals surface area (Å²) in [7, 11) is 0. The summed E-state index contributed by atoms with van der Waals surface area (Å²) in [6, 6.07) is 5.36. The fraction of sp³-hybridized carbons (Fsp3) is 0.526. The molecule has 0 aromatic heterocycles. The quantitative estimate of drug-likeness (QED) is 0.704. The summed E-state index contributed by atoms with van der Waals surface area (Å²) in [6.45, 7) is 3.31. The Kier molecular flexibility index (Phi) is 7.69. The largest absolute Gasteiger partial charge is 0.338 e. The average molecular weight is 429 g/mol. The van der Waals surface area contributed by atoms with Crippen LogP contribution in [0.4, 0.5) is 10.5 Å². The van der Waals surface area contributed by atoms with Gasteiger partial charge in [-0.2, -0.15) is 0 Å². The molecule has 9 heteroatoms. The van der Waals surface area contributed by atoms with E-state index in [1.807, 2.05) is 4.90 Å². The molecule has 28 heavy (non-hydrogen) atoms. The van der Waals surface area contributed by atoms with Crippen LogP contribution in [0.2, 0.25) is 5.02 Å². The zero-order valence-electron chi connectivity index (χ0n) is 15.8. The molecule has 2 heterocycles. The number of urea groups is 1. The molecule has 2 saturated heterocycles. The third kappa shape index (κ3) is 4.77. The van der Waals surface area contributed by atoms with E-state index in [2.05, 4.69) is 12.2 Å². The molecule has 2 aliphatic rings. The minimum absolute atomic E-state index is 0. The first-order valence-electron chi connectivity index (χ1n) is 9.30. The van der Waals surface area contributed by atoms with Crippen molar-refractivity contribution in [3.05, 3.63) is 29.3 Å². The number of likely N-dealkylation sites (tertiary alicyclic amines) is 1. The number of amides is 4. The molecule has 0 bridgehead atoms. The smallest absolute Gasteiger partial charge is 0.329 e. The second-order valence-electron chi connectivity index (χ2n) is 7.30. The van der Waals surface area contributed by atoms with Crippen molar-refractivity contribution in [3.63, 3.8) is 0 Å². The molecule has 2 aliphatic heterocycles. The van der Waals surface area contributed by atoms with Gasteiger partial charge in [-0.05, 0) is 49.4 Å². The van der Waals surface area contributed by atoms with Gasteiger partial charge < -0.3 is 16.0 Å². The number of anilines is 1. The van der Waals surface area contributed by atoms with Crippen LogP contribution < -0.4 is 16.0 Å². The average Bonchev–Trinajstić information content (AvgIpc) is 2.94. The summed E-state index contributed by atoms with van der Waals surface area (Å²) >= 11 is 5.86. The van der Waals surface area contributed by atoms with Gasteiger partial charge in [0.15, 0.2) is 0 Å². The number of hydrogen-bond acceptors (Lipinski definition) is 4. The van der Waals surface area contributed by atoms with E-state index in [0.717, 1.165) is 17.7 Å². The molecule has 7 nitrogen and oxygen atoms in total. The van der Waals surface area contributed by atoms with Crippen molar-refractivity contribution in [1.29, 1.82) is 0 Å². The SMILES string of the molecule is CC1CCN(C(=O)CCC2NC(=O)N(c3ccc(Cl)cc3)C2=O)C(CN)C1.Cl. The van der Waals surface area contributed by atoms with Crippen LogP contribution in [0.15, 0.2) is 24.3 Å². The molecular formula is C19H26Cl2N4O3. The molecule has 0 radical (unpaired) electrons. The molecule has 1 aromatic carbocycles. The van der Waals surface area contributed by atoms with E-state index in [0.29, 0.717) is 29.7 Å². The molecule has 0 aliphatic carbocycles. The highest BCUT2D eigenvalue weighted by Crippen LogP contribution is 2.25. The number of halogens is 2. The lowest BCUT2D eigenvalue weighted by molar-refractivity contribution is -0.135. The Morgan fingerprint density at radius 3 is 2.61 bits per heavy atom. The summed E-state index contributed by atoms with van der Waals surface area (Å²) in [4.78, 5) is 40.4. The molecule has 3 atom stereocenters. The number of nitrogens with two attached hydrogens (primary N) is 1. The normalized spacial score (nSPS) is 24.8. The van der Waals surface area contributed by atoms with E-state index < -0.39 is 12.1 Å². The van der Waals surface area contributed by atoms with Gasteiger partial charge in [-0.3, -0.25) is 9.59 Å². The molecule has 3 rings (SSSR count). The predicted octanol–water partition coefficient (Wildman–Crippen LogP) is 2.55. The maximum atomic E-state index is 12.6. The van der Waals surface area contributed by atoms with Gasteiger partial charge in [0.25, 0.3) is 5.91 Å². The number of nitrogens with zero attached hydrogens (tertiary/aromatic N) is 2. The highest BCUT2D eigenvalue weighted by atomic mass is 35.5. The number of hydrogen-bond donors (Lipinski definition) is 2. The first-order chi connectivity index (χ1) is 12.9. The van der Waals surface area contributed by atoms with E-state index in [1.54, 1.807) is 24.3 Å². The first kappa shape index (κ1) is 22.5. The summed E-state index contributed by atoms with van der Waals surface area (Å²) in [5, 5.41) is 3.19. The summed E-state index contributed by atoms with van der Waals surface area (Å²) < 4.78 is 0. The van der Waals surface area contributed by atoms with Crippen molar-refractivity contribution >= 4 is 47.5 Å². The van der Waals surface area contributed by atoms with Crippen LogP contribution in [0.1, 0.15) is 32.6 Å². The van der Waals surface area contributed by atoms with E-state index in [9.17, 15) is 14.4 Å². The third-order valence-corrected chi connectivity index (χ3v) is 5.57. The lowest BCUT2D eigenvalue weighted by Crippen LogP contribution is -2.49. The van der Waals surface area contributed by atoms with Crippen LogP contribution in [0, 0.1) is 5.92 Å². The van der Waals surface area contributed by atoms with Crippen LogP contribution in [0.5, 0.6) is 0 Å². The van der Waals surface area contributed by atoms with E-state index in [4.69, 9.17) is 17.3 Å². The first-order valence-corrected chi connectivity index (χ1v) is 9.68. The van der Waals surface area contributed by atoms with Gasteiger partial charge in [-0.25, -0.2) is 9.69 Å². The maximum Gasteiger partial charge on any atom is 0.329 e. The van der Waals surface area contributed by atoms with Crippen molar-refractivity contribution in [2.24, 2.45) is 11.7 Å². The Morgan fingerprint density at radius 1 is 1.29 bits per heavy atom. The second kappa shape index (κ2) is 9.58. The van der Waals surface area contributed by atoms with Crippen molar-refractivity contribution in [3.8, 4) is 0 Å². The lowest BCUT2D eigenvalue weighted by Gasteiger charge is -2.38. The van der Waals surface area contributed by atoms with Crippen molar-refractivity contribution in [2.75, 3.05) is 18.0 Å². The second-order valence-corrected chi connectivity index (χ2v) is 7.73. The van der Waals surface area contributed by atoms with Crippen LogP contribution in [0.25, 0.3) is 0 Å². The van der Waals surface area contributed by atoms with Crippen LogP contribution in [-0.4, -0.2) is 47.9 Å². The molecule has 0 spiro atoms. The van der Waals surface area contributed by atoms with Crippen molar-refractivity contribution in [2.45, 2.75) is 44.7 Å². The summed E-state index contributed by atoms with van der Waals surface area (Å²) in [5.74, 6) is 0.202. The number of carbonyl (C=O) groups excluding carboxylic acids is 3. The highest BCUT2D eigenvalue weighted by Gasteiger charge is 2.39. The molecule has 2 fully saturated rings. The van der Waals surface area contributed by atoms with Crippen LogP contribution in [0.3, 0.4) is 0 Å². The van der Waals surface area contributed by atoms with Crippen molar-refractivity contribution in [1.82, 2.24) is 10.2 Å². The Balaban J connectivity index is 0.00000280. The fourth-order valence-electron chi connectivity index (χ4n) is 3.78. The van der Waals surface area contributed by atoms with Gasteiger partial charge in [-0.1, -0.05) is 18.5 Å². The zero-order chi connectivity index (χ0) is 19.6. The minimum atomic E-state index is -0.697. The van der Waals surface area contributed by atoms with Gasteiger partial charge in [0.1, 0.15) is 6.04 Å². The number of piperidine rings is 1.